The first kappa shape index (κ1) is 23.5. The van der Waals surface area contributed by atoms with Crippen LogP contribution in [-0.2, 0) is 4.74 Å². The summed E-state index contributed by atoms with van der Waals surface area (Å²) in [5, 5.41) is 21.5. The van der Waals surface area contributed by atoms with E-state index in [9.17, 15) is 20.2 Å². The van der Waals surface area contributed by atoms with Gasteiger partial charge in [0.25, 0.3) is 11.6 Å². The maximum atomic E-state index is 13.1. The Bertz CT molecular complexity index is 1070. The van der Waals surface area contributed by atoms with Gasteiger partial charge in [0, 0.05) is 50.9 Å². The molecule has 2 aromatic carbocycles. The van der Waals surface area contributed by atoms with Crippen molar-refractivity contribution in [3.63, 3.8) is 0 Å². The van der Waals surface area contributed by atoms with E-state index >= 15 is 0 Å². The normalized spacial score (nSPS) is 17.6. The fourth-order valence-electron chi connectivity index (χ4n) is 4.39. The molecule has 2 aliphatic rings. The summed E-state index contributed by atoms with van der Waals surface area (Å²) in [5.74, 6) is 0.485. The van der Waals surface area contributed by atoms with E-state index in [1.54, 1.807) is 24.1 Å². The smallest absolute Gasteiger partial charge is 0.293 e. The number of nitro groups is 1. The lowest BCUT2D eigenvalue weighted by Gasteiger charge is -2.37. The van der Waals surface area contributed by atoms with Gasteiger partial charge in [0.1, 0.15) is 17.5 Å². The van der Waals surface area contributed by atoms with Crippen molar-refractivity contribution in [1.29, 1.82) is 5.26 Å². The molecule has 34 heavy (non-hydrogen) atoms. The number of carbonyl (C=O) groups excluding carboxylic acids is 1. The predicted molar refractivity (Wildman–Crippen MR) is 125 cm³/mol. The molecule has 2 saturated heterocycles. The lowest BCUT2D eigenvalue weighted by atomic mass is 10.0. The van der Waals surface area contributed by atoms with E-state index in [-0.39, 0.29) is 11.6 Å². The van der Waals surface area contributed by atoms with Gasteiger partial charge in [0.15, 0.2) is 0 Å². The lowest BCUT2D eigenvalue weighted by molar-refractivity contribution is -0.384. The second-order valence-corrected chi connectivity index (χ2v) is 8.19. The Labute approximate surface area is 198 Å². The average Bonchev–Trinajstić information content (AvgIpc) is 2.89. The molecule has 0 aliphatic carbocycles. The van der Waals surface area contributed by atoms with Crippen LogP contribution in [0, 0.1) is 21.4 Å². The first-order chi connectivity index (χ1) is 16.5. The van der Waals surface area contributed by atoms with Crippen LogP contribution >= 0.6 is 0 Å². The lowest BCUT2D eigenvalue weighted by Crippen LogP contribution is -2.49. The Morgan fingerprint density at radius 3 is 2.35 bits per heavy atom. The summed E-state index contributed by atoms with van der Waals surface area (Å²) in [6, 6.07) is 14.0. The SMILES string of the molecule is COc1ccc(C(C#N)N2CCN(C(=O)c3ccc(N4CCOCC4)c([N+](=O)[O-])c3)CC2)cc1. The number of rotatable bonds is 6. The van der Waals surface area contributed by atoms with Crippen LogP contribution in [0.2, 0.25) is 0 Å². The monoisotopic (exact) mass is 465 g/mol. The summed E-state index contributed by atoms with van der Waals surface area (Å²) < 4.78 is 10.5. The highest BCUT2D eigenvalue weighted by molar-refractivity contribution is 5.96. The van der Waals surface area contributed by atoms with Crippen LogP contribution in [0.3, 0.4) is 0 Å². The highest BCUT2D eigenvalue weighted by atomic mass is 16.6. The Morgan fingerprint density at radius 2 is 1.76 bits per heavy atom. The van der Waals surface area contributed by atoms with E-state index in [0.717, 1.165) is 11.3 Å². The third kappa shape index (κ3) is 4.95. The van der Waals surface area contributed by atoms with E-state index in [4.69, 9.17) is 9.47 Å². The van der Waals surface area contributed by atoms with Crippen molar-refractivity contribution in [2.24, 2.45) is 0 Å². The maximum Gasteiger partial charge on any atom is 0.293 e. The minimum absolute atomic E-state index is 0.0737. The second-order valence-electron chi connectivity index (χ2n) is 8.19. The van der Waals surface area contributed by atoms with E-state index < -0.39 is 11.0 Å². The van der Waals surface area contributed by atoms with Crippen molar-refractivity contribution < 1.29 is 19.2 Å². The standard InChI is InChI=1S/C24H27N5O5/c1-33-20-5-2-18(3-6-20)23(17-25)26-8-10-28(11-9-26)24(30)19-4-7-21(22(16-19)29(31)32)27-12-14-34-15-13-27/h2-7,16,23H,8-15H2,1H3. The first-order valence-corrected chi connectivity index (χ1v) is 11.2. The van der Waals surface area contributed by atoms with Crippen LogP contribution in [0.1, 0.15) is 22.0 Å². The summed E-state index contributed by atoms with van der Waals surface area (Å²) in [7, 11) is 1.60. The van der Waals surface area contributed by atoms with Gasteiger partial charge in [-0.05, 0) is 29.8 Å². The van der Waals surface area contributed by atoms with Gasteiger partial charge in [-0.2, -0.15) is 5.26 Å². The zero-order valence-electron chi connectivity index (χ0n) is 19.1. The number of morpholine rings is 1. The molecular weight excluding hydrogens is 438 g/mol. The number of nitriles is 1. The molecule has 2 fully saturated rings. The molecule has 0 N–H and O–H groups in total. The van der Waals surface area contributed by atoms with Gasteiger partial charge < -0.3 is 19.3 Å². The number of anilines is 1. The summed E-state index contributed by atoms with van der Waals surface area (Å²) >= 11 is 0. The first-order valence-electron chi connectivity index (χ1n) is 11.2. The van der Waals surface area contributed by atoms with Gasteiger partial charge in [-0.3, -0.25) is 19.8 Å². The third-order valence-electron chi connectivity index (χ3n) is 6.29. The molecule has 2 heterocycles. The molecule has 0 spiro atoms. The maximum absolute atomic E-state index is 13.1. The molecule has 2 aromatic rings. The van der Waals surface area contributed by atoms with E-state index in [2.05, 4.69) is 6.07 Å². The van der Waals surface area contributed by atoms with Gasteiger partial charge in [-0.25, -0.2) is 0 Å². The fourth-order valence-corrected chi connectivity index (χ4v) is 4.39. The highest BCUT2D eigenvalue weighted by Gasteiger charge is 2.29. The summed E-state index contributed by atoms with van der Waals surface area (Å²) in [6.45, 7) is 4.12. The Balaban J connectivity index is 1.44. The van der Waals surface area contributed by atoms with Crippen LogP contribution in [0.15, 0.2) is 42.5 Å². The fraction of sp³-hybridized carbons (Fsp3) is 0.417. The molecule has 1 amide bonds. The molecule has 0 aromatic heterocycles. The number of carbonyl (C=O) groups is 1. The van der Waals surface area contributed by atoms with Crippen LogP contribution in [0.5, 0.6) is 5.75 Å². The summed E-state index contributed by atoms with van der Waals surface area (Å²) in [4.78, 5) is 30.0. The zero-order chi connectivity index (χ0) is 24.1. The molecule has 1 atom stereocenters. The summed E-state index contributed by atoms with van der Waals surface area (Å²) in [6.07, 6.45) is 0. The Morgan fingerprint density at radius 1 is 1.09 bits per heavy atom. The molecule has 10 nitrogen and oxygen atoms in total. The minimum atomic E-state index is -0.439. The van der Waals surface area contributed by atoms with Crippen molar-refractivity contribution in [2.75, 3.05) is 64.5 Å². The van der Waals surface area contributed by atoms with Gasteiger partial charge in [-0.1, -0.05) is 12.1 Å². The van der Waals surface area contributed by atoms with Gasteiger partial charge >= 0.3 is 0 Å². The van der Waals surface area contributed by atoms with Crippen molar-refractivity contribution in [3.8, 4) is 11.8 Å². The largest absolute Gasteiger partial charge is 0.497 e. The number of nitro benzene ring substituents is 1. The highest BCUT2D eigenvalue weighted by Crippen LogP contribution is 2.31. The van der Waals surface area contributed by atoms with Crippen LogP contribution in [0.4, 0.5) is 11.4 Å². The molecule has 0 bridgehead atoms. The van der Waals surface area contributed by atoms with Crippen molar-refractivity contribution >= 4 is 17.3 Å². The number of ether oxygens (including phenoxy) is 2. The number of nitrogens with zero attached hydrogens (tertiary/aromatic N) is 5. The molecule has 10 heteroatoms. The van der Waals surface area contributed by atoms with Crippen LogP contribution in [-0.4, -0.2) is 80.2 Å². The number of hydrogen-bond acceptors (Lipinski definition) is 8. The second kappa shape index (κ2) is 10.5. The molecule has 4 rings (SSSR count). The van der Waals surface area contributed by atoms with E-state index in [1.807, 2.05) is 34.1 Å². The minimum Gasteiger partial charge on any atom is -0.497 e. The van der Waals surface area contributed by atoms with Gasteiger partial charge in [0.2, 0.25) is 0 Å². The molecule has 2 aliphatic heterocycles. The quantitative estimate of drug-likeness (QED) is 0.472. The van der Waals surface area contributed by atoms with Crippen molar-refractivity contribution in [2.45, 2.75) is 6.04 Å². The molecule has 0 saturated carbocycles. The molecule has 0 radical (unpaired) electrons. The summed E-state index contributed by atoms with van der Waals surface area (Å²) in [5.41, 5.74) is 1.60. The van der Waals surface area contributed by atoms with Gasteiger partial charge in [-0.15, -0.1) is 0 Å². The van der Waals surface area contributed by atoms with Crippen molar-refractivity contribution in [1.82, 2.24) is 9.80 Å². The zero-order valence-corrected chi connectivity index (χ0v) is 19.1. The molecule has 1 unspecified atom stereocenters. The predicted octanol–water partition coefficient (Wildman–Crippen LogP) is 2.46. The van der Waals surface area contributed by atoms with Crippen LogP contribution in [0.25, 0.3) is 0 Å². The molecular formula is C24H27N5O5. The third-order valence-corrected chi connectivity index (χ3v) is 6.29. The number of methoxy groups -OCH3 is 1. The number of piperazine rings is 1. The van der Waals surface area contributed by atoms with Crippen molar-refractivity contribution in [3.05, 3.63) is 63.7 Å². The Kier molecular flexibility index (Phi) is 7.25. The topological polar surface area (TPSA) is 112 Å². The number of hydrogen-bond donors (Lipinski definition) is 0. The van der Waals surface area contributed by atoms with Gasteiger partial charge in [0.05, 0.1) is 31.3 Å². The Hall–Kier alpha value is -3.68. The number of amides is 1. The molecule has 178 valence electrons. The average molecular weight is 466 g/mol. The van der Waals surface area contributed by atoms with E-state index in [1.165, 1.54) is 6.07 Å². The number of benzene rings is 2. The van der Waals surface area contributed by atoms with E-state index in [0.29, 0.717) is 63.7 Å². The van der Waals surface area contributed by atoms with Crippen LogP contribution < -0.4 is 9.64 Å².